The van der Waals surface area contributed by atoms with Crippen molar-refractivity contribution in [2.24, 2.45) is 7.05 Å². The van der Waals surface area contributed by atoms with Gasteiger partial charge in [0.1, 0.15) is 14.8 Å². The minimum Gasteiger partial charge on any atom is -0.496 e. The van der Waals surface area contributed by atoms with Crippen LogP contribution in [0.4, 0.5) is 0 Å². The van der Waals surface area contributed by atoms with Crippen LogP contribution in [0.5, 0.6) is 5.75 Å². The molecule has 6 rings (SSSR count). The fourth-order valence-electron chi connectivity index (χ4n) is 4.73. The van der Waals surface area contributed by atoms with E-state index in [1.165, 1.54) is 10.6 Å². The van der Waals surface area contributed by atoms with Crippen LogP contribution in [0.15, 0.2) is 44.4 Å². The minimum atomic E-state index is -3.88. The third kappa shape index (κ3) is 4.38. The second kappa shape index (κ2) is 8.90. The Balaban J connectivity index is 1.53. The average Bonchev–Trinajstić information content (AvgIpc) is 3.28. The number of rotatable bonds is 8. The van der Waals surface area contributed by atoms with Crippen LogP contribution in [0, 0.1) is 0 Å². The number of nitrogens with one attached hydrogen (secondary N) is 1. The first-order valence-electron chi connectivity index (χ1n) is 12.1. The van der Waals surface area contributed by atoms with Crippen molar-refractivity contribution in [1.29, 1.82) is 0 Å². The molecule has 0 unspecified atom stereocenters. The lowest BCUT2D eigenvalue weighted by Gasteiger charge is -2.15. The van der Waals surface area contributed by atoms with E-state index in [2.05, 4.69) is 9.82 Å². The van der Waals surface area contributed by atoms with E-state index in [1.54, 1.807) is 31.2 Å². The number of hydrogen-bond donors (Lipinski definition) is 1. The van der Waals surface area contributed by atoms with E-state index < -0.39 is 26.8 Å². The zero-order valence-corrected chi connectivity index (χ0v) is 22.8. The van der Waals surface area contributed by atoms with Crippen molar-refractivity contribution >= 4 is 31.6 Å². The smallest absolute Gasteiger partial charge is 0.332 e. The molecule has 0 atom stereocenters. The Hall–Kier alpha value is -3.26. The normalized spacial score (nSPS) is 16.2. The maximum Gasteiger partial charge on any atom is 0.332 e. The third-order valence-corrected chi connectivity index (χ3v) is 10.3. The van der Waals surface area contributed by atoms with Gasteiger partial charge in [-0.3, -0.25) is 18.6 Å². The summed E-state index contributed by atoms with van der Waals surface area (Å²) in [5, 5.41) is 4.31. The quantitative estimate of drug-likeness (QED) is 0.351. The molecule has 0 radical (unpaired) electrons. The van der Waals surface area contributed by atoms with Gasteiger partial charge < -0.3 is 9.47 Å². The summed E-state index contributed by atoms with van der Waals surface area (Å²) in [7, 11) is -0.566. The Kier molecular flexibility index (Phi) is 5.87. The lowest BCUT2D eigenvalue weighted by Crippen LogP contribution is -2.40. The van der Waals surface area contributed by atoms with Crippen LogP contribution >= 0.6 is 11.3 Å². The predicted molar refractivity (Wildman–Crippen MR) is 141 cm³/mol. The lowest BCUT2D eigenvalue weighted by molar-refractivity contribution is 0.134. The van der Waals surface area contributed by atoms with Crippen molar-refractivity contribution in [1.82, 2.24) is 23.6 Å². The molecule has 1 N–H and O–H groups in total. The molecule has 1 aromatic carbocycles. The highest BCUT2D eigenvalue weighted by atomic mass is 32.2. The van der Waals surface area contributed by atoms with E-state index in [4.69, 9.17) is 9.47 Å². The zero-order chi connectivity index (χ0) is 26.8. The van der Waals surface area contributed by atoms with Crippen LogP contribution in [0.2, 0.25) is 0 Å². The van der Waals surface area contributed by atoms with Crippen molar-refractivity contribution in [3.8, 4) is 5.75 Å². The van der Waals surface area contributed by atoms with Crippen LogP contribution in [0.1, 0.15) is 42.0 Å². The largest absolute Gasteiger partial charge is 0.496 e. The fraction of sp³-hybridized carbons (Fsp3) is 0.400. The SMILES string of the molecule is COc1cc2c(cc1Cn1c(=O)n(Cc3cnn(C)c3)c(=O)c3cc(S(=O)(=O)NC4(C)CC4)sc31)COC2. The Morgan fingerprint density at radius 2 is 1.87 bits per heavy atom. The summed E-state index contributed by atoms with van der Waals surface area (Å²) in [6, 6.07) is 5.22. The second-order valence-corrected chi connectivity index (χ2v) is 13.1. The van der Waals surface area contributed by atoms with Gasteiger partial charge in [0, 0.05) is 29.9 Å². The standard InChI is InChI=1S/C25H27N5O6S2/c1-25(4-5-25)27-38(33,34)21-8-19-22(31)29(11-15-9-26-28(2)10-15)24(32)30(23(19)37-21)12-16-6-17-13-36-14-18(17)7-20(16)35-3/h6-10,27H,4-5,11-14H2,1-3H3. The highest BCUT2D eigenvalue weighted by molar-refractivity contribution is 7.91. The molecule has 0 spiro atoms. The summed E-state index contributed by atoms with van der Waals surface area (Å²) >= 11 is 0.922. The number of ether oxygens (including phenoxy) is 2. The Bertz CT molecular complexity index is 1810. The van der Waals surface area contributed by atoms with Crippen molar-refractivity contribution in [3.05, 3.63) is 73.7 Å². The first-order valence-corrected chi connectivity index (χ1v) is 14.4. The van der Waals surface area contributed by atoms with E-state index in [1.807, 2.05) is 19.1 Å². The van der Waals surface area contributed by atoms with Gasteiger partial charge in [0.2, 0.25) is 0 Å². The molecule has 1 aliphatic heterocycles. The van der Waals surface area contributed by atoms with E-state index in [9.17, 15) is 18.0 Å². The number of benzene rings is 1. The van der Waals surface area contributed by atoms with Gasteiger partial charge in [-0.25, -0.2) is 17.9 Å². The fourth-order valence-corrected chi connectivity index (χ4v) is 7.63. The molecule has 11 nitrogen and oxygen atoms in total. The van der Waals surface area contributed by atoms with Crippen LogP contribution < -0.4 is 20.7 Å². The summed E-state index contributed by atoms with van der Waals surface area (Å²) in [5.74, 6) is 0.590. The molecule has 0 bridgehead atoms. The molecule has 4 heterocycles. The number of thiophene rings is 1. The maximum absolute atomic E-state index is 13.8. The highest BCUT2D eigenvalue weighted by Gasteiger charge is 2.42. The molecule has 1 fully saturated rings. The Morgan fingerprint density at radius 1 is 1.13 bits per heavy atom. The number of hydrogen-bond acceptors (Lipinski definition) is 8. The molecule has 200 valence electrons. The first-order chi connectivity index (χ1) is 18.1. The Morgan fingerprint density at radius 3 is 2.53 bits per heavy atom. The highest BCUT2D eigenvalue weighted by Crippen LogP contribution is 2.37. The summed E-state index contributed by atoms with van der Waals surface area (Å²) < 4.78 is 44.4. The topological polar surface area (TPSA) is 126 Å². The van der Waals surface area contributed by atoms with Gasteiger partial charge >= 0.3 is 5.69 Å². The average molecular weight is 558 g/mol. The van der Waals surface area contributed by atoms with Gasteiger partial charge in [-0.15, -0.1) is 11.3 Å². The van der Waals surface area contributed by atoms with Crippen molar-refractivity contribution in [2.45, 2.75) is 55.8 Å². The van der Waals surface area contributed by atoms with E-state index in [0.717, 1.165) is 45.4 Å². The van der Waals surface area contributed by atoms with Gasteiger partial charge in [0.25, 0.3) is 15.6 Å². The Labute approximate surface area is 222 Å². The van der Waals surface area contributed by atoms with Crippen molar-refractivity contribution < 1.29 is 17.9 Å². The third-order valence-electron chi connectivity index (χ3n) is 7.06. The molecule has 1 aliphatic carbocycles. The molecule has 0 saturated heterocycles. The van der Waals surface area contributed by atoms with E-state index in [0.29, 0.717) is 29.4 Å². The van der Waals surface area contributed by atoms with E-state index >= 15 is 0 Å². The number of fused-ring (bicyclic) bond motifs is 2. The zero-order valence-electron chi connectivity index (χ0n) is 21.2. The van der Waals surface area contributed by atoms with E-state index in [-0.39, 0.29) is 22.7 Å². The molecule has 38 heavy (non-hydrogen) atoms. The first kappa shape index (κ1) is 25.0. The van der Waals surface area contributed by atoms with Gasteiger partial charge in [-0.2, -0.15) is 5.10 Å². The monoisotopic (exact) mass is 557 g/mol. The molecule has 13 heteroatoms. The van der Waals surface area contributed by atoms with Crippen LogP contribution in [0.3, 0.4) is 0 Å². The molecule has 3 aromatic heterocycles. The van der Waals surface area contributed by atoms with Gasteiger partial charge in [0.05, 0.1) is 45.0 Å². The maximum atomic E-state index is 13.8. The van der Waals surface area contributed by atoms with Crippen molar-refractivity contribution in [3.63, 3.8) is 0 Å². The van der Waals surface area contributed by atoms with Crippen molar-refractivity contribution in [2.75, 3.05) is 7.11 Å². The minimum absolute atomic E-state index is 0.000629. The summed E-state index contributed by atoms with van der Waals surface area (Å²) in [5.41, 5.74) is 1.87. The molecule has 2 aliphatic rings. The molecular weight excluding hydrogens is 530 g/mol. The van der Waals surface area contributed by atoms with Gasteiger partial charge in [-0.05, 0) is 49.1 Å². The molecule has 4 aromatic rings. The second-order valence-electron chi connectivity index (χ2n) is 10.2. The van der Waals surface area contributed by atoms with Crippen LogP contribution in [-0.4, -0.2) is 40.0 Å². The van der Waals surface area contributed by atoms with Crippen LogP contribution in [0.25, 0.3) is 10.2 Å². The number of methoxy groups -OCH3 is 1. The molecule has 1 saturated carbocycles. The summed E-state index contributed by atoms with van der Waals surface area (Å²) in [6.07, 6.45) is 4.82. The summed E-state index contributed by atoms with van der Waals surface area (Å²) in [6.45, 7) is 2.89. The van der Waals surface area contributed by atoms with Gasteiger partial charge in [0.15, 0.2) is 0 Å². The number of aromatic nitrogens is 4. The summed E-state index contributed by atoms with van der Waals surface area (Å²) in [4.78, 5) is 27.7. The lowest BCUT2D eigenvalue weighted by atomic mass is 10.0. The number of aryl methyl sites for hydroxylation is 1. The van der Waals surface area contributed by atoms with Crippen LogP contribution in [-0.2, 0) is 48.1 Å². The van der Waals surface area contributed by atoms with Gasteiger partial charge in [-0.1, -0.05) is 0 Å². The molecular formula is C25H27N5O6S2. The number of sulfonamides is 1. The molecule has 0 amide bonds. The number of nitrogens with zero attached hydrogens (tertiary/aromatic N) is 4. The predicted octanol–water partition coefficient (Wildman–Crippen LogP) is 1.92.